The molecule has 0 radical (unpaired) electrons. The summed E-state index contributed by atoms with van der Waals surface area (Å²) in [4.78, 5) is 14.0. The first-order valence-electron chi connectivity index (χ1n) is 5.15. The van der Waals surface area contributed by atoms with Gasteiger partial charge in [-0.2, -0.15) is 0 Å². The van der Waals surface area contributed by atoms with Gasteiger partial charge >= 0.3 is 0 Å². The van der Waals surface area contributed by atoms with Gasteiger partial charge in [-0.25, -0.2) is 4.39 Å². The first kappa shape index (κ1) is 10.3. The number of hydrogen-bond acceptors (Lipinski definition) is 2. The van der Waals surface area contributed by atoms with Crippen molar-refractivity contribution in [1.29, 1.82) is 0 Å². The van der Waals surface area contributed by atoms with Crippen molar-refractivity contribution in [3.8, 4) is 0 Å². The monoisotopic (exact) mass is 207 g/mol. The Morgan fingerprint density at radius 1 is 1.40 bits per heavy atom. The van der Waals surface area contributed by atoms with Crippen LogP contribution in [0.5, 0.6) is 0 Å². The van der Waals surface area contributed by atoms with Gasteiger partial charge in [0, 0.05) is 18.2 Å². The van der Waals surface area contributed by atoms with Gasteiger partial charge in [0.15, 0.2) is 5.78 Å². The number of carbonyl (C=O) groups excluding carboxylic acids is 1. The number of benzene rings is 1. The van der Waals surface area contributed by atoms with Gasteiger partial charge in [0.25, 0.3) is 0 Å². The molecular formula is C12H14FNO. The Morgan fingerprint density at radius 2 is 2.00 bits per heavy atom. The van der Waals surface area contributed by atoms with Gasteiger partial charge in [-0.3, -0.25) is 9.69 Å². The molecule has 3 heteroatoms. The molecule has 1 fully saturated rings. The molecule has 15 heavy (non-hydrogen) atoms. The lowest BCUT2D eigenvalue weighted by Gasteiger charge is -2.06. The molecule has 1 aromatic carbocycles. The van der Waals surface area contributed by atoms with Crippen LogP contribution >= 0.6 is 0 Å². The molecule has 0 aliphatic carbocycles. The number of Topliss-reactive ketones (excluding diaryl/α,β-unsaturated/α-hetero) is 1. The molecule has 0 aromatic heterocycles. The lowest BCUT2D eigenvalue weighted by atomic mass is 10.1. The summed E-state index contributed by atoms with van der Waals surface area (Å²) in [6.07, 6.45) is 0. The lowest BCUT2D eigenvalue weighted by Crippen LogP contribution is -2.18. The number of nitrogens with zero attached hydrogens (tertiary/aromatic N) is 1. The normalized spacial score (nSPS) is 24.3. The molecule has 2 unspecified atom stereocenters. The Morgan fingerprint density at radius 3 is 2.47 bits per heavy atom. The van der Waals surface area contributed by atoms with Gasteiger partial charge in [0.05, 0.1) is 6.04 Å². The maximum absolute atomic E-state index is 12.7. The fourth-order valence-corrected chi connectivity index (χ4v) is 1.76. The average molecular weight is 207 g/mol. The van der Waals surface area contributed by atoms with E-state index in [1.165, 1.54) is 12.1 Å². The molecule has 1 aliphatic rings. The minimum absolute atomic E-state index is 0.00969. The van der Waals surface area contributed by atoms with Crippen LogP contribution in [0.25, 0.3) is 0 Å². The third-order valence-corrected chi connectivity index (χ3v) is 2.75. The zero-order valence-electron chi connectivity index (χ0n) is 8.90. The predicted octanol–water partition coefficient (Wildman–Crippen LogP) is 2.10. The Bertz CT molecular complexity index is 372. The summed E-state index contributed by atoms with van der Waals surface area (Å²) in [5.41, 5.74) is 0.601. The lowest BCUT2D eigenvalue weighted by molar-refractivity contribution is 0.0970. The number of hydrogen-bond donors (Lipinski definition) is 0. The van der Waals surface area contributed by atoms with E-state index in [1.807, 2.05) is 0 Å². The second-order valence-electron chi connectivity index (χ2n) is 4.18. The molecule has 0 amide bonds. The highest BCUT2D eigenvalue weighted by atomic mass is 19.1. The summed E-state index contributed by atoms with van der Waals surface area (Å²) in [5, 5.41) is 0. The second-order valence-corrected chi connectivity index (χ2v) is 4.18. The van der Waals surface area contributed by atoms with E-state index in [1.54, 1.807) is 12.1 Å². The molecule has 1 aromatic rings. The van der Waals surface area contributed by atoms with Crippen LogP contribution in [0.2, 0.25) is 0 Å². The third kappa shape index (κ3) is 2.07. The molecule has 0 N–H and O–H groups in total. The van der Waals surface area contributed by atoms with Gasteiger partial charge in [-0.05, 0) is 38.1 Å². The number of carbonyl (C=O) groups is 1. The van der Waals surface area contributed by atoms with E-state index in [0.717, 1.165) is 6.54 Å². The predicted molar refractivity (Wildman–Crippen MR) is 56.4 cm³/mol. The SMILES string of the molecule is CC(C)N1CC1C(=O)c1ccc(F)cc1. The topological polar surface area (TPSA) is 20.1 Å². The summed E-state index contributed by atoms with van der Waals surface area (Å²) in [6, 6.07) is 6.17. The molecule has 0 spiro atoms. The first-order valence-corrected chi connectivity index (χ1v) is 5.15. The number of rotatable bonds is 3. The van der Waals surface area contributed by atoms with Crippen molar-refractivity contribution >= 4 is 5.78 Å². The molecular weight excluding hydrogens is 193 g/mol. The van der Waals surface area contributed by atoms with Gasteiger partial charge in [0.1, 0.15) is 5.82 Å². The summed E-state index contributed by atoms with van der Waals surface area (Å²) < 4.78 is 12.7. The highest BCUT2D eigenvalue weighted by molar-refractivity contribution is 6.02. The quantitative estimate of drug-likeness (QED) is 0.558. The van der Waals surface area contributed by atoms with Crippen molar-refractivity contribution < 1.29 is 9.18 Å². The molecule has 2 nitrogen and oxygen atoms in total. The summed E-state index contributed by atoms with van der Waals surface area (Å²) in [6.45, 7) is 4.96. The Labute approximate surface area is 88.7 Å². The molecule has 80 valence electrons. The van der Waals surface area contributed by atoms with Gasteiger partial charge < -0.3 is 0 Å². The van der Waals surface area contributed by atoms with E-state index in [-0.39, 0.29) is 17.6 Å². The number of ketones is 1. The number of halogens is 1. The zero-order valence-corrected chi connectivity index (χ0v) is 8.90. The van der Waals surface area contributed by atoms with Crippen LogP contribution in [0.3, 0.4) is 0 Å². The van der Waals surface area contributed by atoms with Crippen LogP contribution in [-0.4, -0.2) is 29.3 Å². The largest absolute Gasteiger partial charge is 0.292 e. The standard InChI is InChI=1S/C12H14FNO/c1-8(2)14-7-11(14)12(15)9-3-5-10(13)6-4-9/h3-6,8,11H,7H2,1-2H3. The van der Waals surface area contributed by atoms with Crippen LogP contribution in [0.4, 0.5) is 4.39 Å². The first-order chi connectivity index (χ1) is 7.09. The van der Waals surface area contributed by atoms with Crippen molar-refractivity contribution in [2.24, 2.45) is 0 Å². The minimum atomic E-state index is -0.303. The Hall–Kier alpha value is -1.22. The van der Waals surface area contributed by atoms with E-state index < -0.39 is 0 Å². The maximum atomic E-state index is 12.7. The molecule has 0 bridgehead atoms. The Balaban J connectivity index is 2.07. The molecule has 2 rings (SSSR count). The fraction of sp³-hybridized carbons (Fsp3) is 0.417. The van der Waals surface area contributed by atoms with E-state index in [2.05, 4.69) is 18.7 Å². The fourth-order valence-electron chi connectivity index (χ4n) is 1.76. The maximum Gasteiger partial charge on any atom is 0.181 e. The van der Waals surface area contributed by atoms with Crippen LogP contribution in [0.15, 0.2) is 24.3 Å². The minimum Gasteiger partial charge on any atom is -0.292 e. The summed E-state index contributed by atoms with van der Waals surface area (Å²) >= 11 is 0. The van der Waals surface area contributed by atoms with Crippen LogP contribution in [0, 0.1) is 5.82 Å². The van der Waals surface area contributed by atoms with Crippen LogP contribution in [-0.2, 0) is 0 Å². The van der Waals surface area contributed by atoms with Crippen molar-refractivity contribution in [3.05, 3.63) is 35.6 Å². The van der Waals surface area contributed by atoms with Crippen molar-refractivity contribution in [1.82, 2.24) is 4.90 Å². The molecule has 2 atom stereocenters. The van der Waals surface area contributed by atoms with Gasteiger partial charge in [-0.15, -0.1) is 0 Å². The van der Waals surface area contributed by atoms with Crippen molar-refractivity contribution in [2.75, 3.05) is 6.54 Å². The summed E-state index contributed by atoms with van der Waals surface area (Å²) in [5.74, 6) is -0.202. The van der Waals surface area contributed by atoms with Gasteiger partial charge in [0.2, 0.25) is 0 Å². The second kappa shape index (κ2) is 3.74. The molecule has 1 aliphatic heterocycles. The van der Waals surface area contributed by atoms with E-state index >= 15 is 0 Å². The smallest absolute Gasteiger partial charge is 0.181 e. The molecule has 0 saturated carbocycles. The van der Waals surface area contributed by atoms with Crippen molar-refractivity contribution in [3.63, 3.8) is 0 Å². The average Bonchev–Trinajstić information content (AvgIpc) is 2.97. The van der Waals surface area contributed by atoms with E-state index in [9.17, 15) is 9.18 Å². The zero-order chi connectivity index (χ0) is 11.0. The Kier molecular flexibility index (Phi) is 2.57. The highest BCUT2D eigenvalue weighted by Crippen LogP contribution is 2.24. The van der Waals surface area contributed by atoms with Crippen molar-refractivity contribution in [2.45, 2.75) is 25.9 Å². The van der Waals surface area contributed by atoms with Crippen LogP contribution < -0.4 is 0 Å². The van der Waals surface area contributed by atoms with E-state index in [4.69, 9.17) is 0 Å². The third-order valence-electron chi connectivity index (χ3n) is 2.75. The van der Waals surface area contributed by atoms with Crippen LogP contribution in [0.1, 0.15) is 24.2 Å². The highest BCUT2D eigenvalue weighted by Gasteiger charge is 2.41. The van der Waals surface area contributed by atoms with Gasteiger partial charge in [-0.1, -0.05) is 0 Å². The molecule has 1 heterocycles. The van der Waals surface area contributed by atoms with E-state index in [0.29, 0.717) is 11.6 Å². The summed E-state index contributed by atoms with van der Waals surface area (Å²) in [7, 11) is 0. The molecule has 1 saturated heterocycles.